The van der Waals surface area contributed by atoms with Gasteiger partial charge in [0.2, 0.25) is 0 Å². The van der Waals surface area contributed by atoms with Gasteiger partial charge in [0.1, 0.15) is 5.75 Å². The second-order valence-corrected chi connectivity index (χ2v) is 8.68. The van der Waals surface area contributed by atoms with E-state index in [0.717, 1.165) is 32.0 Å². The van der Waals surface area contributed by atoms with Crippen LogP contribution >= 0.6 is 0 Å². The molecule has 1 heterocycles. The molecule has 0 atom stereocenters. The van der Waals surface area contributed by atoms with Gasteiger partial charge in [0.25, 0.3) is 5.91 Å². The number of nitrogens with one attached hydrogen (secondary N) is 1. The SMILES string of the molecule is CC(C)(C)NC(=O)COc1ccc(CN2CCOC3(CCCC3)C2)cc1. The van der Waals surface area contributed by atoms with Crippen LogP contribution in [0.3, 0.4) is 0 Å². The Morgan fingerprint density at radius 1 is 1.23 bits per heavy atom. The number of amides is 1. The molecule has 0 unspecified atom stereocenters. The van der Waals surface area contributed by atoms with Crippen molar-refractivity contribution >= 4 is 5.91 Å². The molecule has 3 rings (SSSR count). The van der Waals surface area contributed by atoms with Crippen LogP contribution in [0.1, 0.15) is 52.0 Å². The number of carbonyl (C=O) groups is 1. The van der Waals surface area contributed by atoms with Gasteiger partial charge in [0, 0.05) is 25.2 Å². The van der Waals surface area contributed by atoms with Crippen LogP contribution in [0.5, 0.6) is 5.75 Å². The van der Waals surface area contributed by atoms with Crippen LogP contribution in [0, 0.1) is 0 Å². The van der Waals surface area contributed by atoms with E-state index in [0.29, 0.717) is 0 Å². The van der Waals surface area contributed by atoms with Gasteiger partial charge in [-0.3, -0.25) is 9.69 Å². The summed E-state index contributed by atoms with van der Waals surface area (Å²) in [6.07, 6.45) is 4.99. The minimum Gasteiger partial charge on any atom is -0.484 e. The molecule has 1 aliphatic heterocycles. The maximum absolute atomic E-state index is 11.8. The van der Waals surface area contributed by atoms with Crippen LogP contribution in [-0.2, 0) is 16.1 Å². The first-order valence-corrected chi connectivity index (χ1v) is 9.73. The van der Waals surface area contributed by atoms with E-state index in [9.17, 15) is 4.79 Å². The third kappa shape index (κ3) is 5.45. The summed E-state index contributed by atoms with van der Waals surface area (Å²) in [6, 6.07) is 8.08. The Labute approximate surface area is 157 Å². The van der Waals surface area contributed by atoms with E-state index in [2.05, 4.69) is 22.3 Å². The van der Waals surface area contributed by atoms with Crippen molar-refractivity contribution in [3.63, 3.8) is 0 Å². The van der Waals surface area contributed by atoms with Gasteiger partial charge < -0.3 is 14.8 Å². The highest BCUT2D eigenvalue weighted by Gasteiger charge is 2.39. The van der Waals surface area contributed by atoms with Gasteiger partial charge in [-0.05, 0) is 51.3 Å². The van der Waals surface area contributed by atoms with Crippen LogP contribution in [0.4, 0.5) is 0 Å². The van der Waals surface area contributed by atoms with Crippen molar-refractivity contribution in [2.24, 2.45) is 0 Å². The van der Waals surface area contributed by atoms with Crippen molar-refractivity contribution in [2.75, 3.05) is 26.3 Å². The zero-order valence-electron chi connectivity index (χ0n) is 16.3. The van der Waals surface area contributed by atoms with Gasteiger partial charge in [-0.15, -0.1) is 0 Å². The number of ether oxygens (including phenoxy) is 2. The minimum absolute atomic E-state index is 0.0442. The first kappa shape index (κ1) is 19.2. The fraction of sp³-hybridized carbons (Fsp3) is 0.667. The Hall–Kier alpha value is -1.59. The van der Waals surface area contributed by atoms with Gasteiger partial charge in [0.15, 0.2) is 6.61 Å². The average molecular weight is 360 g/mol. The third-order valence-corrected chi connectivity index (χ3v) is 5.06. The number of nitrogens with zero attached hydrogens (tertiary/aromatic N) is 1. The number of rotatable bonds is 5. The molecular weight excluding hydrogens is 328 g/mol. The molecule has 1 N–H and O–H groups in total. The predicted molar refractivity (Wildman–Crippen MR) is 102 cm³/mol. The van der Waals surface area contributed by atoms with E-state index in [4.69, 9.17) is 9.47 Å². The van der Waals surface area contributed by atoms with E-state index in [1.54, 1.807) is 0 Å². The molecule has 5 heteroatoms. The van der Waals surface area contributed by atoms with Gasteiger partial charge >= 0.3 is 0 Å². The highest BCUT2D eigenvalue weighted by Crippen LogP contribution is 2.36. The number of carbonyl (C=O) groups excluding carboxylic acids is 1. The van der Waals surface area contributed by atoms with Crippen molar-refractivity contribution in [1.29, 1.82) is 0 Å². The monoisotopic (exact) mass is 360 g/mol. The zero-order chi connectivity index (χ0) is 18.6. The van der Waals surface area contributed by atoms with Gasteiger partial charge in [0.05, 0.1) is 12.2 Å². The van der Waals surface area contributed by atoms with Crippen molar-refractivity contribution in [3.8, 4) is 5.75 Å². The lowest BCUT2D eigenvalue weighted by Crippen LogP contribution is -2.49. The first-order chi connectivity index (χ1) is 12.3. The number of hydrogen-bond donors (Lipinski definition) is 1. The molecule has 0 aromatic heterocycles. The molecular formula is C21H32N2O3. The number of morpholine rings is 1. The Bertz CT molecular complexity index is 601. The summed E-state index contributed by atoms with van der Waals surface area (Å²) in [6.45, 7) is 9.73. The van der Waals surface area contributed by atoms with Gasteiger partial charge in [-0.25, -0.2) is 0 Å². The fourth-order valence-corrected chi connectivity index (χ4v) is 3.93. The molecule has 1 saturated heterocycles. The van der Waals surface area contributed by atoms with E-state index in [-0.39, 0.29) is 23.7 Å². The molecule has 5 nitrogen and oxygen atoms in total. The van der Waals surface area contributed by atoms with Crippen molar-refractivity contribution in [2.45, 2.75) is 64.1 Å². The molecule has 2 aliphatic rings. The topological polar surface area (TPSA) is 50.8 Å². The summed E-state index contributed by atoms with van der Waals surface area (Å²) in [4.78, 5) is 14.3. The highest BCUT2D eigenvalue weighted by molar-refractivity contribution is 5.78. The maximum Gasteiger partial charge on any atom is 0.258 e. The average Bonchev–Trinajstić information content (AvgIpc) is 3.00. The molecule has 144 valence electrons. The number of benzene rings is 1. The Morgan fingerprint density at radius 3 is 2.58 bits per heavy atom. The lowest BCUT2D eigenvalue weighted by molar-refractivity contribution is -0.124. The van der Waals surface area contributed by atoms with Crippen molar-refractivity contribution < 1.29 is 14.3 Å². The molecule has 1 spiro atoms. The molecule has 1 amide bonds. The second kappa shape index (κ2) is 7.97. The normalized spacial score (nSPS) is 20.3. The Balaban J connectivity index is 1.48. The summed E-state index contributed by atoms with van der Waals surface area (Å²) < 4.78 is 11.7. The molecule has 1 aromatic rings. The van der Waals surface area contributed by atoms with Crippen LogP contribution in [0.15, 0.2) is 24.3 Å². The molecule has 0 radical (unpaired) electrons. The molecule has 1 aromatic carbocycles. The fourth-order valence-electron chi connectivity index (χ4n) is 3.93. The van der Waals surface area contributed by atoms with Crippen molar-refractivity contribution in [3.05, 3.63) is 29.8 Å². The van der Waals surface area contributed by atoms with E-state index >= 15 is 0 Å². The first-order valence-electron chi connectivity index (χ1n) is 9.73. The Morgan fingerprint density at radius 2 is 1.92 bits per heavy atom. The van der Waals surface area contributed by atoms with Gasteiger partial charge in [-0.1, -0.05) is 25.0 Å². The Kier molecular flexibility index (Phi) is 5.88. The highest BCUT2D eigenvalue weighted by atomic mass is 16.5. The second-order valence-electron chi connectivity index (χ2n) is 8.68. The summed E-state index contributed by atoms with van der Waals surface area (Å²) in [7, 11) is 0. The summed E-state index contributed by atoms with van der Waals surface area (Å²) in [5.74, 6) is 0.629. The molecule has 2 fully saturated rings. The van der Waals surface area contributed by atoms with Crippen LogP contribution in [0.2, 0.25) is 0 Å². The molecule has 1 aliphatic carbocycles. The summed E-state index contributed by atoms with van der Waals surface area (Å²) in [5, 5.41) is 2.90. The summed E-state index contributed by atoms with van der Waals surface area (Å²) >= 11 is 0. The number of hydrogen-bond acceptors (Lipinski definition) is 4. The summed E-state index contributed by atoms with van der Waals surface area (Å²) in [5.41, 5.74) is 1.15. The third-order valence-electron chi connectivity index (χ3n) is 5.06. The quantitative estimate of drug-likeness (QED) is 0.876. The standard InChI is InChI=1S/C21H32N2O3/c1-20(2,3)22-19(24)15-25-18-8-6-17(7-9-18)14-23-12-13-26-21(16-23)10-4-5-11-21/h6-9H,4-5,10-16H2,1-3H3,(H,22,24). The minimum atomic E-state index is -0.237. The maximum atomic E-state index is 11.8. The largest absolute Gasteiger partial charge is 0.484 e. The lowest BCUT2D eigenvalue weighted by atomic mass is 9.99. The lowest BCUT2D eigenvalue weighted by Gasteiger charge is -2.40. The van der Waals surface area contributed by atoms with E-state index < -0.39 is 0 Å². The van der Waals surface area contributed by atoms with Crippen molar-refractivity contribution in [1.82, 2.24) is 10.2 Å². The van der Waals surface area contributed by atoms with Crippen LogP contribution < -0.4 is 10.1 Å². The van der Waals surface area contributed by atoms with Crippen LogP contribution in [0.25, 0.3) is 0 Å². The smallest absolute Gasteiger partial charge is 0.258 e. The van der Waals surface area contributed by atoms with Gasteiger partial charge in [-0.2, -0.15) is 0 Å². The molecule has 1 saturated carbocycles. The predicted octanol–water partition coefficient (Wildman–Crippen LogP) is 3.13. The van der Waals surface area contributed by atoms with E-state index in [1.807, 2.05) is 32.9 Å². The zero-order valence-corrected chi connectivity index (χ0v) is 16.3. The molecule has 0 bridgehead atoms. The van der Waals surface area contributed by atoms with Crippen LogP contribution in [-0.4, -0.2) is 48.3 Å². The molecule has 26 heavy (non-hydrogen) atoms. The van der Waals surface area contributed by atoms with E-state index in [1.165, 1.54) is 31.2 Å².